The van der Waals surface area contributed by atoms with Gasteiger partial charge in [-0.25, -0.2) is 4.98 Å². The monoisotopic (exact) mass is 231 g/mol. The number of hydrogen-bond acceptors (Lipinski definition) is 4. The summed E-state index contributed by atoms with van der Waals surface area (Å²) in [6, 6.07) is 1.42. The SMILES string of the molecule is Cc1cc([N+](=O)[O-])cnc1C#CCCN=[N+]=[N-]. The molecule has 1 aromatic rings. The van der Waals surface area contributed by atoms with Crippen LogP contribution in [0, 0.1) is 28.9 Å². The van der Waals surface area contributed by atoms with Crippen molar-refractivity contribution in [2.45, 2.75) is 13.3 Å². The van der Waals surface area contributed by atoms with Crippen LogP contribution in [0.15, 0.2) is 17.4 Å². The zero-order valence-corrected chi connectivity index (χ0v) is 9.12. The van der Waals surface area contributed by atoms with Crippen LogP contribution in [-0.4, -0.2) is 16.5 Å². The average Bonchev–Trinajstić information content (AvgIpc) is 2.30. The van der Waals surface area contributed by atoms with E-state index in [4.69, 9.17) is 5.53 Å². The third-order valence-electron chi connectivity index (χ3n) is 1.88. The van der Waals surface area contributed by atoms with Crippen LogP contribution in [0.4, 0.5) is 5.69 Å². The van der Waals surface area contributed by atoms with Crippen molar-refractivity contribution in [2.24, 2.45) is 5.11 Å². The molecule has 0 bridgehead atoms. The standard InChI is InChI=1S/C10H9N5O2/c1-8-6-9(15(16)17)7-12-10(8)4-2-3-5-13-14-11/h6-7H,3,5H2,1H3. The van der Waals surface area contributed by atoms with E-state index in [2.05, 4.69) is 26.9 Å². The summed E-state index contributed by atoms with van der Waals surface area (Å²) in [6.45, 7) is 2.01. The summed E-state index contributed by atoms with van der Waals surface area (Å²) in [5.41, 5.74) is 9.14. The highest BCUT2D eigenvalue weighted by atomic mass is 16.6. The van der Waals surface area contributed by atoms with Crippen LogP contribution in [0.1, 0.15) is 17.7 Å². The summed E-state index contributed by atoms with van der Waals surface area (Å²) in [4.78, 5) is 16.5. The number of rotatable bonds is 3. The fraction of sp³-hybridized carbons (Fsp3) is 0.300. The van der Waals surface area contributed by atoms with Gasteiger partial charge < -0.3 is 0 Å². The van der Waals surface area contributed by atoms with Crippen LogP contribution in [0.5, 0.6) is 0 Å². The summed E-state index contributed by atoms with van der Waals surface area (Å²) >= 11 is 0. The van der Waals surface area contributed by atoms with E-state index >= 15 is 0 Å². The number of azide groups is 1. The topological polar surface area (TPSA) is 105 Å². The minimum absolute atomic E-state index is 0.0536. The highest BCUT2D eigenvalue weighted by Crippen LogP contribution is 2.13. The zero-order chi connectivity index (χ0) is 12.7. The number of aryl methyl sites for hydroxylation is 1. The Balaban J connectivity index is 2.78. The smallest absolute Gasteiger partial charge is 0.258 e. The van der Waals surface area contributed by atoms with Gasteiger partial charge in [-0.15, -0.1) is 0 Å². The average molecular weight is 231 g/mol. The molecule has 0 aliphatic heterocycles. The lowest BCUT2D eigenvalue weighted by Crippen LogP contribution is -1.93. The van der Waals surface area contributed by atoms with Crippen molar-refractivity contribution in [3.05, 3.63) is 44.1 Å². The third kappa shape index (κ3) is 3.81. The van der Waals surface area contributed by atoms with Crippen LogP contribution in [0.25, 0.3) is 10.4 Å². The molecule has 0 amide bonds. The van der Waals surface area contributed by atoms with Crippen molar-refractivity contribution in [1.82, 2.24) is 4.98 Å². The predicted octanol–water partition coefficient (Wildman–Crippen LogP) is 2.35. The van der Waals surface area contributed by atoms with Gasteiger partial charge in [0, 0.05) is 23.9 Å². The van der Waals surface area contributed by atoms with E-state index in [0.29, 0.717) is 24.2 Å². The molecule has 86 valence electrons. The quantitative estimate of drug-likeness (QED) is 0.151. The van der Waals surface area contributed by atoms with E-state index in [9.17, 15) is 10.1 Å². The first-order chi connectivity index (χ1) is 8.15. The van der Waals surface area contributed by atoms with Gasteiger partial charge in [-0.3, -0.25) is 10.1 Å². The second-order valence-electron chi connectivity index (χ2n) is 3.12. The van der Waals surface area contributed by atoms with Gasteiger partial charge in [0.1, 0.15) is 11.9 Å². The molecule has 0 aliphatic carbocycles. The summed E-state index contributed by atoms with van der Waals surface area (Å²) in [5.74, 6) is 5.55. The van der Waals surface area contributed by atoms with Crippen LogP contribution < -0.4 is 0 Å². The van der Waals surface area contributed by atoms with Crippen molar-refractivity contribution < 1.29 is 4.92 Å². The van der Waals surface area contributed by atoms with E-state index in [1.54, 1.807) is 6.92 Å². The normalized spacial score (nSPS) is 8.76. The number of pyridine rings is 1. The highest BCUT2D eigenvalue weighted by Gasteiger charge is 2.07. The van der Waals surface area contributed by atoms with E-state index in [1.165, 1.54) is 12.3 Å². The summed E-state index contributed by atoms with van der Waals surface area (Å²) in [5, 5.41) is 13.8. The number of hydrogen-bond donors (Lipinski definition) is 0. The molecular weight excluding hydrogens is 222 g/mol. The van der Waals surface area contributed by atoms with Crippen molar-refractivity contribution in [3.63, 3.8) is 0 Å². The third-order valence-corrected chi connectivity index (χ3v) is 1.88. The molecule has 17 heavy (non-hydrogen) atoms. The number of nitro groups is 1. The van der Waals surface area contributed by atoms with Crippen molar-refractivity contribution >= 4 is 5.69 Å². The van der Waals surface area contributed by atoms with Crippen molar-refractivity contribution in [1.29, 1.82) is 0 Å². The van der Waals surface area contributed by atoms with Gasteiger partial charge in [0.05, 0.1) is 4.92 Å². The van der Waals surface area contributed by atoms with Gasteiger partial charge in [-0.2, -0.15) is 0 Å². The van der Waals surface area contributed by atoms with Crippen LogP contribution in [-0.2, 0) is 0 Å². The Bertz CT molecular complexity index is 537. The van der Waals surface area contributed by atoms with Crippen LogP contribution in [0.2, 0.25) is 0 Å². The molecule has 1 heterocycles. The van der Waals surface area contributed by atoms with E-state index < -0.39 is 4.92 Å². The first kappa shape index (κ1) is 12.5. The second kappa shape index (κ2) is 6.10. The first-order valence-corrected chi connectivity index (χ1v) is 4.76. The summed E-state index contributed by atoms with van der Waals surface area (Å²) in [7, 11) is 0. The molecule has 7 heteroatoms. The molecule has 0 aliphatic rings. The Morgan fingerprint density at radius 3 is 3.06 bits per heavy atom. The van der Waals surface area contributed by atoms with Gasteiger partial charge in [0.15, 0.2) is 0 Å². The lowest BCUT2D eigenvalue weighted by molar-refractivity contribution is -0.385. The molecule has 0 atom stereocenters. The van der Waals surface area contributed by atoms with Gasteiger partial charge >= 0.3 is 0 Å². The Kier molecular flexibility index (Phi) is 4.48. The minimum Gasteiger partial charge on any atom is -0.258 e. The summed E-state index contributed by atoms with van der Waals surface area (Å²) in [6.07, 6.45) is 1.60. The highest BCUT2D eigenvalue weighted by molar-refractivity contribution is 5.41. The fourth-order valence-electron chi connectivity index (χ4n) is 1.09. The fourth-order valence-corrected chi connectivity index (χ4v) is 1.09. The van der Waals surface area contributed by atoms with Gasteiger partial charge in [-0.1, -0.05) is 11.0 Å². The molecular formula is C10H9N5O2. The maximum Gasteiger partial charge on any atom is 0.287 e. The van der Waals surface area contributed by atoms with Crippen molar-refractivity contribution in [2.75, 3.05) is 6.54 Å². The molecule has 0 unspecified atom stereocenters. The van der Waals surface area contributed by atoms with Gasteiger partial charge in [0.2, 0.25) is 0 Å². The lowest BCUT2D eigenvalue weighted by atomic mass is 10.2. The Morgan fingerprint density at radius 1 is 1.71 bits per heavy atom. The van der Waals surface area contributed by atoms with E-state index in [0.717, 1.165) is 0 Å². The van der Waals surface area contributed by atoms with E-state index in [1.807, 2.05) is 0 Å². The number of aromatic nitrogens is 1. The second-order valence-corrected chi connectivity index (χ2v) is 3.12. The zero-order valence-electron chi connectivity index (χ0n) is 9.12. The van der Waals surface area contributed by atoms with Crippen molar-refractivity contribution in [3.8, 4) is 11.8 Å². The molecule has 0 radical (unpaired) electrons. The molecule has 0 spiro atoms. The van der Waals surface area contributed by atoms with Gasteiger partial charge in [0.25, 0.3) is 5.69 Å². The first-order valence-electron chi connectivity index (χ1n) is 4.76. The molecule has 7 nitrogen and oxygen atoms in total. The Labute approximate surface area is 97.3 Å². The van der Waals surface area contributed by atoms with Crippen LogP contribution in [0.3, 0.4) is 0 Å². The predicted molar refractivity (Wildman–Crippen MR) is 61.1 cm³/mol. The molecule has 1 rings (SSSR count). The molecule has 0 saturated carbocycles. The molecule has 0 fully saturated rings. The largest absolute Gasteiger partial charge is 0.287 e. The number of nitrogens with zero attached hydrogens (tertiary/aromatic N) is 5. The van der Waals surface area contributed by atoms with Crippen LogP contribution >= 0.6 is 0 Å². The molecule has 0 saturated heterocycles. The summed E-state index contributed by atoms with van der Waals surface area (Å²) < 4.78 is 0. The minimum atomic E-state index is -0.501. The maximum absolute atomic E-state index is 10.5. The molecule has 1 aromatic heterocycles. The Hall–Kier alpha value is -2.58. The Morgan fingerprint density at radius 2 is 2.47 bits per heavy atom. The van der Waals surface area contributed by atoms with E-state index in [-0.39, 0.29) is 5.69 Å². The molecule has 0 aromatic carbocycles. The lowest BCUT2D eigenvalue weighted by Gasteiger charge is -1.96. The maximum atomic E-state index is 10.5. The van der Waals surface area contributed by atoms with Gasteiger partial charge in [-0.05, 0) is 23.9 Å². The molecule has 0 N–H and O–H groups in total.